The Balaban J connectivity index is 1.50. The molecule has 1 atom stereocenters. The minimum atomic E-state index is -0.217. The third-order valence-electron chi connectivity index (χ3n) is 6.13. The summed E-state index contributed by atoms with van der Waals surface area (Å²) in [6, 6.07) is 9.86. The first-order valence-electron chi connectivity index (χ1n) is 10.4. The number of piperidine rings is 1. The predicted molar refractivity (Wildman–Crippen MR) is 105 cm³/mol. The molecule has 3 aliphatic rings. The molecular weight excluding hydrogens is 352 g/mol. The van der Waals surface area contributed by atoms with Gasteiger partial charge >= 0.3 is 0 Å². The maximum Gasteiger partial charge on any atom is 0.274 e. The number of carbonyl (C=O) groups excluding carboxylic acids is 2. The normalized spacial score (nSPS) is 22.1. The molecule has 0 N–H and O–H groups in total. The zero-order valence-electron chi connectivity index (χ0n) is 16.1. The lowest BCUT2D eigenvalue weighted by Crippen LogP contribution is -2.43. The van der Waals surface area contributed by atoms with Crippen molar-refractivity contribution in [3.05, 3.63) is 53.6 Å². The van der Waals surface area contributed by atoms with Gasteiger partial charge in [0, 0.05) is 38.3 Å². The molecule has 0 radical (unpaired) electrons. The molecule has 28 heavy (non-hydrogen) atoms. The van der Waals surface area contributed by atoms with Gasteiger partial charge in [-0.15, -0.1) is 0 Å². The summed E-state index contributed by atoms with van der Waals surface area (Å²) in [4.78, 5) is 34.6. The van der Waals surface area contributed by atoms with Crippen molar-refractivity contribution in [2.75, 3.05) is 19.6 Å². The van der Waals surface area contributed by atoms with Crippen molar-refractivity contribution >= 4 is 11.8 Å². The van der Waals surface area contributed by atoms with E-state index in [1.54, 1.807) is 0 Å². The summed E-state index contributed by atoms with van der Waals surface area (Å²) in [5.41, 5.74) is 1.57. The van der Waals surface area contributed by atoms with Gasteiger partial charge in [-0.1, -0.05) is 30.3 Å². The number of aromatic nitrogens is 2. The maximum absolute atomic E-state index is 13.0. The summed E-state index contributed by atoms with van der Waals surface area (Å²) in [7, 11) is 0. The van der Waals surface area contributed by atoms with Crippen LogP contribution in [0.15, 0.2) is 36.5 Å². The van der Waals surface area contributed by atoms with E-state index >= 15 is 0 Å². The van der Waals surface area contributed by atoms with Gasteiger partial charge in [-0.3, -0.25) is 9.59 Å². The van der Waals surface area contributed by atoms with E-state index in [4.69, 9.17) is 4.98 Å². The molecule has 1 aliphatic carbocycles. The average Bonchev–Trinajstić information content (AvgIpc) is 3.51. The van der Waals surface area contributed by atoms with Crippen molar-refractivity contribution in [2.45, 2.75) is 44.7 Å². The summed E-state index contributed by atoms with van der Waals surface area (Å²) in [6.07, 6.45) is 7.19. The van der Waals surface area contributed by atoms with Crippen molar-refractivity contribution < 1.29 is 9.59 Å². The van der Waals surface area contributed by atoms with E-state index in [0.717, 1.165) is 50.2 Å². The van der Waals surface area contributed by atoms with Crippen LogP contribution in [0.2, 0.25) is 0 Å². The van der Waals surface area contributed by atoms with Crippen molar-refractivity contribution in [1.29, 1.82) is 0 Å². The van der Waals surface area contributed by atoms with E-state index in [0.29, 0.717) is 18.8 Å². The lowest BCUT2D eigenvalue weighted by molar-refractivity contribution is -0.135. The summed E-state index contributed by atoms with van der Waals surface area (Å²) in [6.45, 7) is 2.98. The van der Waals surface area contributed by atoms with Crippen LogP contribution in [0, 0.1) is 5.92 Å². The molecule has 1 aromatic carbocycles. The third kappa shape index (κ3) is 3.11. The molecule has 1 aromatic heterocycles. The zero-order valence-corrected chi connectivity index (χ0v) is 16.1. The molecule has 0 bridgehead atoms. The summed E-state index contributed by atoms with van der Waals surface area (Å²) < 4.78 is 2.07. The van der Waals surface area contributed by atoms with Crippen LogP contribution in [0.25, 0.3) is 0 Å². The van der Waals surface area contributed by atoms with E-state index in [-0.39, 0.29) is 23.8 Å². The fourth-order valence-corrected chi connectivity index (χ4v) is 4.44. The largest absolute Gasteiger partial charge is 0.337 e. The Labute approximate surface area is 165 Å². The Kier molecular flexibility index (Phi) is 4.41. The number of fused-ring (bicyclic) bond motifs is 1. The Morgan fingerprint density at radius 3 is 2.39 bits per heavy atom. The number of rotatable bonds is 3. The van der Waals surface area contributed by atoms with Crippen LogP contribution in [0.3, 0.4) is 0 Å². The first-order chi connectivity index (χ1) is 13.7. The number of carbonyl (C=O) groups is 2. The minimum Gasteiger partial charge on any atom is -0.337 e. The molecule has 2 aromatic rings. The molecule has 3 heterocycles. The Hall–Kier alpha value is -2.63. The fourth-order valence-electron chi connectivity index (χ4n) is 4.44. The topological polar surface area (TPSA) is 58.4 Å². The monoisotopic (exact) mass is 378 g/mol. The van der Waals surface area contributed by atoms with E-state index < -0.39 is 0 Å². The Morgan fingerprint density at radius 2 is 1.68 bits per heavy atom. The number of hydrogen-bond acceptors (Lipinski definition) is 3. The van der Waals surface area contributed by atoms with Gasteiger partial charge in [0.05, 0.1) is 0 Å². The SMILES string of the molecule is O=C(c1cn2c(n1)C(c1ccccc1)N(C(=O)C1CC1)CC2)N1CCCCC1. The third-order valence-corrected chi connectivity index (χ3v) is 6.13. The highest BCUT2D eigenvalue weighted by Crippen LogP contribution is 2.38. The predicted octanol–water partition coefficient (Wildman–Crippen LogP) is 2.85. The van der Waals surface area contributed by atoms with Gasteiger partial charge in [0.2, 0.25) is 5.91 Å². The lowest BCUT2D eigenvalue weighted by atomic mass is 10.0. The smallest absolute Gasteiger partial charge is 0.274 e. The van der Waals surface area contributed by atoms with E-state index in [2.05, 4.69) is 4.57 Å². The Bertz CT molecular complexity index is 881. The highest BCUT2D eigenvalue weighted by molar-refractivity contribution is 5.92. The number of nitrogens with zero attached hydrogens (tertiary/aromatic N) is 4. The van der Waals surface area contributed by atoms with Crippen LogP contribution in [0.5, 0.6) is 0 Å². The molecule has 6 heteroatoms. The van der Waals surface area contributed by atoms with E-state index in [1.807, 2.05) is 46.3 Å². The molecule has 1 saturated heterocycles. The van der Waals surface area contributed by atoms with Gasteiger partial charge in [-0.2, -0.15) is 0 Å². The fraction of sp³-hybridized carbons (Fsp3) is 0.500. The van der Waals surface area contributed by atoms with Crippen molar-refractivity contribution in [3.8, 4) is 0 Å². The van der Waals surface area contributed by atoms with Crippen LogP contribution < -0.4 is 0 Å². The Morgan fingerprint density at radius 1 is 0.929 bits per heavy atom. The highest BCUT2D eigenvalue weighted by Gasteiger charge is 2.41. The van der Waals surface area contributed by atoms with Gasteiger partial charge in [0.25, 0.3) is 5.91 Å². The van der Waals surface area contributed by atoms with Gasteiger partial charge in [0.15, 0.2) is 0 Å². The van der Waals surface area contributed by atoms with Gasteiger partial charge in [-0.25, -0.2) is 4.98 Å². The van der Waals surface area contributed by atoms with Gasteiger partial charge in [-0.05, 0) is 37.7 Å². The van der Waals surface area contributed by atoms with Gasteiger partial charge in [0.1, 0.15) is 17.6 Å². The molecule has 146 valence electrons. The zero-order chi connectivity index (χ0) is 19.1. The summed E-state index contributed by atoms with van der Waals surface area (Å²) >= 11 is 0. The van der Waals surface area contributed by atoms with Crippen LogP contribution in [0.1, 0.15) is 60.0 Å². The molecular formula is C22H26N4O2. The second-order valence-corrected chi connectivity index (χ2v) is 8.15. The second kappa shape index (κ2) is 7.08. The standard InChI is InChI=1S/C22H26N4O2/c27-21(17-9-10-17)26-14-13-25-15-18(22(28)24-11-5-2-6-12-24)23-20(25)19(26)16-7-3-1-4-8-16/h1,3-4,7-8,15,17,19H,2,5-6,9-14H2. The van der Waals surface area contributed by atoms with Crippen LogP contribution in [-0.4, -0.2) is 50.8 Å². The highest BCUT2D eigenvalue weighted by atomic mass is 16.2. The molecule has 2 fully saturated rings. The molecule has 1 unspecified atom stereocenters. The van der Waals surface area contributed by atoms with Gasteiger partial charge < -0.3 is 14.4 Å². The second-order valence-electron chi connectivity index (χ2n) is 8.15. The minimum absolute atomic E-state index is 0.0217. The molecule has 2 amide bonds. The maximum atomic E-state index is 13.0. The number of benzene rings is 1. The molecule has 0 spiro atoms. The molecule has 6 nitrogen and oxygen atoms in total. The lowest BCUT2D eigenvalue weighted by Gasteiger charge is -2.36. The van der Waals surface area contributed by atoms with Crippen LogP contribution >= 0.6 is 0 Å². The number of imidazole rings is 1. The first-order valence-corrected chi connectivity index (χ1v) is 10.4. The van der Waals surface area contributed by atoms with E-state index in [9.17, 15) is 9.59 Å². The number of likely N-dealkylation sites (tertiary alicyclic amines) is 1. The summed E-state index contributed by atoms with van der Waals surface area (Å²) in [5.74, 6) is 1.23. The van der Waals surface area contributed by atoms with Crippen LogP contribution in [-0.2, 0) is 11.3 Å². The van der Waals surface area contributed by atoms with Crippen molar-refractivity contribution in [2.24, 2.45) is 5.92 Å². The molecule has 5 rings (SSSR count). The quantitative estimate of drug-likeness (QED) is 0.825. The van der Waals surface area contributed by atoms with Crippen molar-refractivity contribution in [1.82, 2.24) is 19.4 Å². The van der Waals surface area contributed by atoms with Crippen molar-refractivity contribution in [3.63, 3.8) is 0 Å². The summed E-state index contributed by atoms with van der Waals surface area (Å²) in [5, 5.41) is 0. The van der Waals surface area contributed by atoms with Crippen LogP contribution in [0.4, 0.5) is 0 Å². The average molecular weight is 378 g/mol. The number of hydrogen-bond donors (Lipinski definition) is 0. The molecule has 2 aliphatic heterocycles. The first kappa shape index (κ1) is 17.5. The molecule has 1 saturated carbocycles. The number of amides is 2. The van der Waals surface area contributed by atoms with E-state index in [1.165, 1.54) is 6.42 Å².